The summed E-state index contributed by atoms with van der Waals surface area (Å²) in [5, 5.41) is 4.24. The van der Waals surface area contributed by atoms with Crippen LogP contribution < -0.4 is 5.32 Å². The Morgan fingerprint density at radius 2 is 2.33 bits per heavy atom. The summed E-state index contributed by atoms with van der Waals surface area (Å²) in [5.41, 5.74) is 0.565. The lowest BCUT2D eigenvalue weighted by molar-refractivity contribution is -0.116. The average molecular weight is 262 g/mol. The van der Waals surface area contributed by atoms with Gasteiger partial charge < -0.3 is 5.32 Å². The zero-order chi connectivity index (χ0) is 12.7. The van der Waals surface area contributed by atoms with Gasteiger partial charge in [-0.2, -0.15) is 0 Å². The van der Waals surface area contributed by atoms with Gasteiger partial charge in [-0.3, -0.25) is 14.6 Å². The summed E-state index contributed by atoms with van der Waals surface area (Å²) >= 11 is 1.27. The van der Waals surface area contributed by atoms with Gasteiger partial charge in [0.15, 0.2) is 5.78 Å². The van der Waals surface area contributed by atoms with Crippen LogP contribution in [0.15, 0.2) is 29.8 Å². The zero-order valence-corrected chi connectivity index (χ0v) is 9.83. The minimum Gasteiger partial charge on any atom is -0.323 e. The predicted molar refractivity (Wildman–Crippen MR) is 64.2 cm³/mol. The molecule has 1 N–H and O–H groups in total. The Morgan fingerprint density at radius 3 is 3.06 bits per heavy atom. The number of amides is 1. The zero-order valence-electron chi connectivity index (χ0n) is 9.01. The summed E-state index contributed by atoms with van der Waals surface area (Å²) < 4.78 is 13.0. The number of hydrogen-bond acceptors (Lipinski definition) is 4. The van der Waals surface area contributed by atoms with Crippen molar-refractivity contribution in [3.63, 3.8) is 0 Å². The fraction of sp³-hybridized carbons (Fsp3) is 0.0833. The summed E-state index contributed by atoms with van der Waals surface area (Å²) in [6, 6.07) is 4.56. The predicted octanol–water partition coefficient (Wildman–Crippen LogP) is 2.20. The largest absolute Gasteiger partial charge is 0.323 e. The third-order valence-electron chi connectivity index (χ3n) is 2.70. The molecule has 1 aliphatic heterocycles. The Balaban J connectivity index is 2.04. The number of halogens is 1. The Hall–Kier alpha value is -2.08. The molecule has 6 heteroatoms. The molecule has 3 heterocycles. The SMILES string of the molecule is O=C1Nc2cc(F)cnc2C1C(=O)c1cccs1. The highest BCUT2D eigenvalue weighted by Gasteiger charge is 2.38. The molecule has 0 saturated heterocycles. The molecule has 0 aliphatic carbocycles. The molecule has 0 radical (unpaired) electrons. The van der Waals surface area contributed by atoms with Gasteiger partial charge in [0.25, 0.3) is 0 Å². The van der Waals surface area contributed by atoms with Crippen LogP contribution in [0.1, 0.15) is 21.3 Å². The minimum absolute atomic E-state index is 0.273. The third-order valence-corrected chi connectivity index (χ3v) is 3.59. The van der Waals surface area contributed by atoms with E-state index in [1.807, 2.05) is 0 Å². The molecule has 0 aromatic carbocycles. The van der Waals surface area contributed by atoms with Crippen molar-refractivity contribution < 1.29 is 14.0 Å². The number of carbonyl (C=O) groups excluding carboxylic acids is 2. The Morgan fingerprint density at radius 1 is 1.50 bits per heavy atom. The van der Waals surface area contributed by atoms with Crippen LogP contribution in [0.4, 0.5) is 10.1 Å². The summed E-state index contributed by atoms with van der Waals surface area (Å²) in [6.45, 7) is 0. The highest BCUT2D eigenvalue weighted by atomic mass is 32.1. The van der Waals surface area contributed by atoms with Crippen LogP contribution in [0.5, 0.6) is 0 Å². The molecule has 0 fully saturated rings. The van der Waals surface area contributed by atoms with Gasteiger partial charge in [-0.05, 0) is 11.4 Å². The Labute approximate surface area is 105 Å². The van der Waals surface area contributed by atoms with Crippen LogP contribution in [0.2, 0.25) is 0 Å². The van der Waals surface area contributed by atoms with E-state index >= 15 is 0 Å². The van der Waals surface area contributed by atoms with Crippen molar-refractivity contribution in [2.45, 2.75) is 5.92 Å². The second-order valence-corrected chi connectivity index (χ2v) is 4.80. The van der Waals surface area contributed by atoms with Crippen molar-refractivity contribution in [3.05, 3.63) is 46.2 Å². The lowest BCUT2D eigenvalue weighted by Crippen LogP contribution is -2.20. The smallest absolute Gasteiger partial charge is 0.241 e. The molecule has 90 valence electrons. The normalized spacial score (nSPS) is 17.4. The van der Waals surface area contributed by atoms with Gasteiger partial charge >= 0.3 is 0 Å². The molecule has 1 unspecified atom stereocenters. The van der Waals surface area contributed by atoms with E-state index in [4.69, 9.17) is 0 Å². The first-order valence-corrected chi connectivity index (χ1v) is 6.09. The first-order chi connectivity index (χ1) is 8.66. The van der Waals surface area contributed by atoms with Gasteiger partial charge in [-0.1, -0.05) is 6.07 Å². The van der Waals surface area contributed by atoms with Crippen LogP contribution in [0.25, 0.3) is 0 Å². The van der Waals surface area contributed by atoms with Crippen LogP contribution >= 0.6 is 11.3 Å². The minimum atomic E-state index is -0.973. The molecule has 2 aromatic rings. The third kappa shape index (κ3) is 1.62. The molecule has 1 atom stereocenters. The van der Waals surface area contributed by atoms with Gasteiger partial charge in [0.2, 0.25) is 5.91 Å². The molecular weight excluding hydrogens is 255 g/mol. The number of carbonyl (C=O) groups is 2. The summed E-state index contributed by atoms with van der Waals surface area (Å²) in [6.07, 6.45) is 1.01. The van der Waals surface area contributed by atoms with E-state index in [9.17, 15) is 14.0 Å². The van der Waals surface area contributed by atoms with Crippen LogP contribution in [0, 0.1) is 5.82 Å². The van der Waals surface area contributed by atoms with E-state index in [0.29, 0.717) is 10.6 Å². The molecule has 0 bridgehead atoms. The van der Waals surface area contributed by atoms with E-state index in [-0.39, 0.29) is 11.5 Å². The van der Waals surface area contributed by atoms with Gasteiger partial charge in [-0.25, -0.2) is 4.39 Å². The average Bonchev–Trinajstić information content (AvgIpc) is 2.94. The first-order valence-electron chi connectivity index (χ1n) is 5.21. The lowest BCUT2D eigenvalue weighted by atomic mass is 10.00. The highest BCUT2D eigenvalue weighted by Crippen LogP contribution is 2.34. The summed E-state index contributed by atoms with van der Waals surface area (Å²) in [7, 11) is 0. The van der Waals surface area contributed by atoms with E-state index in [2.05, 4.69) is 10.3 Å². The van der Waals surface area contributed by atoms with Crippen molar-refractivity contribution in [2.75, 3.05) is 5.32 Å². The van der Waals surface area contributed by atoms with Crippen LogP contribution in [0.3, 0.4) is 0 Å². The molecule has 2 aromatic heterocycles. The molecule has 0 saturated carbocycles. The number of nitrogens with zero attached hydrogens (tertiary/aromatic N) is 1. The molecule has 1 amide bonds. The van der Waals surface area contributed by atoms with E-state index < -0.39 is 17.6 Å². The Kier molecular flexibility index (Phi) is 2.45. The number of thiophene rings is 1. The monoisotopic (exact) mass is 262 g/mol. The number of nitrogens with one attached hydrogen (secondary N) is 1. The molecular formula is C12H7FN2O2S. The molecule has 0 spiro atoms. The maximum Gasteiger partial charge on any atom is 0.241 e. The second-order valence-electron chi connectivity index (χ2n) is 3.85. The molecule has 18 heavy (non-hydrogen) atoms. The van der Waals surface area contributed by atoms with Gasteiger partial charge in [0, 0.05) is 6.07 Å². The lowest BCUT2D eigenvalue weighted by Gasteiger charge is -2.04. The number of hydrogen-bond donors (Lipinski definition) is 1. The number of aromatic nitrogens is 1. The number of Topliss-reactive ketones (excluding diaryl/α,β-unsaturated/α-hetero) is 1. The van der Waals surface area contributed by atoms with Crippen molar-refractivity contribution in [2.24, 2.45) is 0 Å². The number of anilines is 1. The topological polar surface area (TPSA) is 59.1 Å². The highest BCUT2D eigenvalue weighted by molar-refractivity contribution is 7.12. The van der Waals surface area contributed by atoms with Crippen molar-refractivity contribution in [1.29, 1.82) is 0 Å². The molecule has 4 nitrogen and oxygen atoms in total. The van der Waals surface area contributed by atoms with Gasteiger partial charge in [0.1, 0.15) is 11.7 Å². The van der Waals surface area contributed by atoms with Gasteiger partial charge in [-0.15, -0.1) is 11.3 Å². The van der Waals surface area contributed by atoms with Crippen LogP contribution in [-0.4, -0.2) is 16.7 Å². The number of pyridine rings is 1. The second kappa shape index (κ2) is 3.99. The van der Waals surface area contributed by atoms with E-state index in [1.54, 1.807) is 17.5 Å². The summed E-state index contributed by atoms with van der Waals surface area (Å²) in [5.74, 6) is -2.28. The standard InChI is InChI=1S/C12H7FN2O2S/c13-6-4-7-10(14-5-6)9(12(17)15-7)11(16)8-2-1-3-18-8/h1-5,9H,(H,15,17). The maximum atomic E-state index is 13.0. The number of fused-ring (bicyclic) bond motifs is 1. The van der Waals surface area contributed by atoms with Crippen molar-refractivity contribution in [3.8, 4) is 0 Å². The van der Waals surface area contributed by atoms with E-state index in [0.717, 1.165) is 6.20 Å². The Bertz CT molecular complexity index is 640. The summed E-state index contributed by atoms with van der Waals surface area (Å²) in [4.78, 5) is 28.3. The quantitative estimate of drug-likeness (QED) is 0.666. The fourth-order valence-corrected chi connectivity index (χ4v) is 2.61. The fourth-order valence-electron chi connectivity index (χ4n) is 1.91. The molecule has 3 rings (SSSR count). The van der Waals surface area contributed by atoms with Crippen LogP contribution in [-0.2, 0) is 4.79 Å². The number of ketones is 1. The maximum absolute atomic E-state index is 13.0. The van der Waals surface area contributed by atoms with Crippen molar-refractivity contribution >= 4 is 28.7 Å². The molecule has 1 aliphatic rings. The van der Waals surface area contributed by atoms with Crippen molar-refractivity contribution in [1.82, 2.24) is 4.98 Å². The number of rotatable bonds is 2. The van der Waals surface area contributed by atoms with Gasteiger partial charge in [0.05, 0.1) is 22.5 Å². The first kappa shape index (κ1) is 11.0. The van der Waals surface area contributed by atoms with E-state index in [1.165, 1.54) is 17.4 Å².